The van der Waals surface area contributed by atoms with Crippen LogP contribution in [0.1, 0.15) is 34.1 Å². The van der Waals surface area contributed by atoms with Crippen molar-refractivity contribution in [3.05, 3.63) is 70.7 Å². The van der Waals surface area contributed by atoms with Gasteiger partial charge in [0.05, 0.1) is 20.8 Å². The summed E-state index contributed by atoms with van der Waals surface area (Å²) in [6.07, 6.45) is 0.447. The van der Waals surface area contributed by atoms with Crippen LogP contribution in [0, 0.1) is 0 Å². The molecule has 2 heterocycles. The fourth-order valence-electron chi connectivity index (χ4n) is 4.31. The Bertz CT molecular complexity index is 1390. The number of amides is 4. The number of anilines is 1. The van der Waals surface area contributed by atoms with Crippen molar-refractivity contribution in [2.75, 3.05) is 39.9 Å². The minimum Gasteiger partial charge on any atom is -0.496 e. The predicted molar refractivity (Wildman–Crippen MR) is 149 cm³/mol. The van der Waals surface area contributed by atoms with Crippen LogP contribution >= 0.6 is 11.3 Å². The van der Waals surface area contributed by atoms with Crippen LogP contribution in [0.5, 0.6) is 11.5 Å². The molecule has 3 aromatic rings. The summed E-state index contributed by atoms with van der Waals surface area (Å²) in [6.45, 7) is 0.795. The van der Waals surface area contributed by atoms with Crippen molar-refractivity contribution in [3.63, 3.8) is 0 Å². The van der Waals surface area contributed by atoms with Crippen molar-refractivity contribution in [2.24, 2.45) is 0 Å². The summed E-state index contributed by atoms with van der Waals surface area (Å²) in [6, 6.07) is 11.2. The Balaban J connectivity index is 1.56. The third-order valence-electron chi connectivity index (χ3n) is 6.36. The Kier molecular flexibility index (Phi) is 9.87. The Morgan fingerprint density at radius 3 is 2.54 bits per heavy atom. The smallest absolute Gasteiger partial charge is 0.357 e. The van der Waals surface area contributed by atoms with Gasteiger partial charge in [-0.3, -0.25) is 9.59 Å². The normalized spacial score (nSPS) is 15.3. The number of nitrogens with one attached hydrogen (secondary N) is 2. The second kappa shape index (κ2) is 13.7. The Morgan fingerprint density at radius 2 is 1.83 bits per heavy atom. The summed E-state index contributed by atoms with van der Waals surface area (Å²) in [5.41, 5.74) is 1.38. The van der Waals surface area contributed by atoms with Crippen LogP contribution in [0.15, 0.2) is 53.9 Å². The Morgan fingerprint density at radius 1 is 1.07 bits per heavy atom. The molecule has 1 fully saturated rings. The van der Waals surface area contributed by atoms with Gasteiger partial charge in [-0.25, -0.2) is 19.5 Å². The fraction of sp³-hybridized carbons (Fsp3) is 0.321. The highest BCUT2D eigenvalue weighted by Crippen LogP contribution is 2.29. The van der Waals surface area contributed by atoms with Crippen LogP contribution in [0.3, 0.4) is 0 Å². The molecular formula is C28H30N4O8S. The van der Waals surface area contributed by atoms with E-state index in [1.807, 2.05) is 18.2 Å². The molecule has 1 unspecified atom stereocenters. The first-order chi connectivity index (χ1) is 19.9. The van der Waals surface area contributed by atoms with E-state index in [2.05, 4.69) is 20.4 Å². The molecule has 0 spiro atoms. The number of aryl methyl sites for hydroxylation is 1. The van der Waals surface area contributed by atoms with E-state index in [0.717, 1.165) is 21.8 Å². The van der Waals surface area contributed by atoms with Crippen LogP contribution in [0.4, 0.5) is 9.93 Å². The van der Waals surface area contributed by atoms with E-state index in [9.17, 15) is 19.2 Å². The van der Waals surface area contributed by atoms with E-state index in [-0.39, 0.29) is 17.2 Å². The van der Waals surface area contributed by atoms with E-state index in [4.69, 9.17) is 14.2 Å². The van der Waals surface area contributed by atoms with E-state index in [1.165, 1.54) is 12.5 Å². The molecule has 41 heavy (non-hydrogen) atoms. The zero-order chi connectivity index (χ0) is 29.4. The molecule has 0 bridgehead atoms. The molecule has 0 saturated carbocycles. The number of esters is 1. The highest BCUT2D eigenvalue weighted by molar-refractivity contribution is 7.14. The van der Waals surface area contributed by atoms with Crippen LogP contribution in [0.2, 0.25) is 0 Å². The molecule has 1 saturated heterocycles. The van der Waals surface area contributed by atoms with E-state index >= 15 is 0 Å². The maximum atomic E-state index is 13.6. The third-order valence-corrected chi connectivity index (χ3v) is 7.12. The molecule has 0 radical (unpaired) electrons. The zero-order valence-corrected chi connectivity index (χ0v) is 23.6. The number of nitrogens with zero attached hydrogens (tertiary/aromatic N) is 2. The standard InChI is InChI=1S/C28H30N4O8S/c1-37-14-15-40-19-11-8-18(9-12-19)23-25(34)32(28(36)30-23)21(13-10-17-6-4-5-7-22(17)38-2)24(33)31-27-29-20(16-41-27)26(35)39-3/h4-9,11-12,16,21,23H,10,13-15H2,1-3H3,(H,30,36)(H,29,31,33)/t21?,23-/m1/s1. The SMILES string of the molecule is COCCOc1ccc([C@H]2NC(=O)N(C(CCc3ccccc3OC)C(=O)Nc3nc(C(=O)OC)cs3)C2=O)cc1. The summed E-state index contributed by atoms with van der Waals surface area (Å²) in [5, 5.41) is 6.90. The number of rotatable bonds is 13. The number of benzene rings is 2. The monoisotopic (exact) mass is 582 g/mol. The summed E-state index contributed by atoms with van der Waals surface area (Å²) in [7, 11) is 4.34. The molecule has 2 aromatic carbocycles. The number of methoxy groups -OCH3 is 3. The average molecular weight is 583 g/mol. The number of carbonyl (C=O) groups is 4. The van der Waals surface area contributed by atoms with Crippen LogP contribution in [0.25, 0.3) is 0 Å². The molecule has 12 nitrogen and oxygen atoms in total. The lowest BCUT2D eigenvalue weighted by Crippen LogP contribution is -2.48. The molecule has 216 valence electrons. The Labute approximate surface area is 240 Å². The number of thiazole rings is 1. The van der Waals surface area contributed by atoms with Crippen LogP contribution in [-0.4, -0.2) is 74.3 Å². The second-order valence-corrected chi connectivity index (χ2v) is 9.74. The lowest BCUT2D eigenvalue weighted by molar-refractivity contribution is -0.134. The van der Waals surface area contributed by atoms with Gasteiger partial charge in [-0.2, -0.15) is 0 Å². The molecule has 1 aliphatic heterocycles. The van der Waals surface area contributed by atoms with Gasteiger partial charge in [0.1, 0.15) is 30.2 Å². The van der Waals surface area contributed by atoms with Crippen molar-refractivity contribution in [2.45, 2.75) is 24.9 Å². The van der Waals surface area contributed by atoms with Crippen molar-refractivity contribution in [1.29, 1.82) is 0 Å². The molecule has 2 N–H and O–H groups in total. The molecule has 2 atom stereocenters. The number of imide groups is 1. The van der Waals surface area contributed by atoms with E-state index in [0.29, 0.717) is 36.7 Å². The van der Waals surface area contributed by atoms with Gasteiger partial charge in [0.15, 0.2) is 10.8 Å². The maximum absolute atomic E-state index is 13.6. The van der Waals surface area contributed by atoms with Gasteiger partial charge in [0, 0.05) is 12.5 Å². The van der Waals surface area contributed by atoms with Gasteiger partial charge in [-0.1, -0.05) is 30.3 Å². The molecule has 1 aliphatic rings. The van der Waals surface area contributed by atoms with Crippen LogP contribution < -0.4 is 20.1 Å². The first kappa shape index (κ1) is 29.5. The minimum absolute atomic E-state index is 0.0306. The number of para-hydroxylation sites is 1. The third kappa shape index (κ3) is 6.99. The summed E-state index contributed by atoms with van der Waals surface area (Å²) in [4.78, 5) is 57.1. The number of ether oxygens (including phenoxy) is 4. The van der Waals surface area contributed by atoms with Crippen LogP contribution in [-0.2, 0) is 25.5 Å². The van der Waals surface area contributed by atoms with E-state index < -0.39 is 35.9 Å². The number of hydrogen-bond acceptors (Lipinski definition) is 10. The molecule has 0 aliphatic carbocycles. The highest BCUT2D eigenvalue weighted by atomic mass is 32.1. The van der Waals surface area contributed by atoms with E-state index in [1.54, 1.807) is 44.6 Å². The van der Waals surface area contributed by atoms with Gasteiger partial charge in [-0.15, -0.1) is 11.3 Å². The van der Waals surface area contributed by atoms with Gasteiger partial charge in [-0.05, 0) is 42.2 Å². The number of aromatic nitrogens is 1. The molecule has 4 amide bonds. The maximum Gasteiger partial charge on any atom is 0.357 e. The lowest BCUT2D eigenvalue weighted by Gasteiger charge is -2.24. The molecular weight excluding hydrogens is 552 g/mol. The zero-order valence-electron chi connectivity index (χ0n) is 22.7. The fourth-order valence-corrected chi connectivity index (χ4v) is 4.99. The number of urea groups is 1. The van der Waals surface area contributed by atoms with Crippen molar-refractivity contribution < 1.29 is 38.1 Å². The first-order valence-corrected chi connectivity index (χ1v) is 13.6. The highest BCUT2D eigenvalue weighted by Gasteiger charge is 2.45. The Hall–Kier alpha value is -4.49. The van der Waals surface area contributed by atoms with Crippen molar-refractivity contribution in [1.82, 2.24) is 15.2 Å². The molecule has 4 rings (SSSR count). The van der Waals surface area contributed by atoms with Gasteiger partial charge in [0.25, 0.3) is 5.91 Å². The quantitative estimate of drug-likeness (QED) is 0.176. The second-order valence-electron chi connectivity index (χ2n) is 8.89. The predicted octanol–water partition coefficient (Wildman–Crippen LogP) is 3.20. The van der Waals surface area contributed by atoms with Gasteiger partial charge < -0.3 is 29.6 Å². The van der Waals surface area contributed by atoms with Crippen molar-refractivity contribution in [3.8, 4) is 11.5 Å². The number of hydrogen-bond donors (Lipinski definition) is 2. The molecule has 13 heteroatoms. The van der Waals surface area contributed by atoms with Crippen molar-refractivity contribution >= 4 is 40.3 Å². The summed E-state index contributed by atoms with van der Waals surface area (Å²) in [5.74, 6) is -0.642. The average Bonchev–Trinajstić information content (AvgIpc) is 3.57. The largest absolute Gasteiger partial charge is 0.496 e. The number of carbonyl (C=O) groups excluding carboxylic acids is 4. The summed E-state index contributed by atoms with van der Waals surface area (Å²) < 4.78 is 20.6. The summed E-state index contributed by atoms with van der Waals surface area (Å²) >= 11 is 1.02. The topological polar surface area (TPSA) is 145 Å². The van der Waals surface area contributed by atoms with Gasteiger partial charge >= 0.3 is 12.0 Å². The first-order valence-electron chi connectivity index (χ1n) is 12.7. The minimum atomic E-state index is -1.18. The lowest BCUT2D eigenvalue weighted by atomic mass is 10.0. The van der Waals surface area contributed by atoms with Gasteiger partial charge in [0.2, 0.25) is 5.91 Å². The molecule has 1 aromatic heterocycles.